The number of benzene rings is 3. The van der Waals surface area contributed by atoms with Crippen LogP contribution in [0.2, 0.25) is 0 Å². The number of carbonyl (C=O) groups is 2. The van der Waals surface area contributed by atoms with E-state index in [1.807, 2.05) is 78.9 Å². The molecule has 0 aromatic heterocycles. The maximum atomic E-state index is 13.6. The predicted octanol–water partition coefficient (Wildman–Crippen LogP) is 2.45. The number of fused-ring (bicyclic) bond motifs is 1. The van der Waals surface area contributed by atoms with Gasteiger partial charge < -0.3 is 19.7 Å². The molecule has 0 radical (unpaired) electrons. The minimum atomic E-state index is -1.99. The summed E-state index contributed by atoms with van der Waals surface area (Å²) in [5.74, 6) is -1.07. The van der Waals surface area contributed by atoms with Gasteiger partial charge in [0.05, 0.1) is 6.61 Å². The van der Waals surface area contributed by atoms with Crippen LogP contribution >= 0.6 is 0 Å². The van der Waals surface area contributed by atoms with Gasteiger partial charge in [0.15, 0.2) is 18.2 Å². The Morgan fingerprint density at radius 3 is 2.06 bits per heavy atom. The number of amides is 1. The number of carbonyl (C=O) groups excluding carboxylic acids is 2. The topological polar surface area (TPSA) is 109 Å². The number of aliphatic hydroxyl groups is 2. The normalized spacial score (nSPS) is 21.1. The zero-order valence-corrected chi connectivity index (χ0v) is 19.6. The molecule has 2 unspecified atom stereocenters. The average molecular weight is 487 g/mol. The fraction of sp³-hybridized carbons (Fsp3) is 0.250. The second kappa shape index (κ2) is 9.56. The molecule has 5 rings (SSSR count). The second-order valence-corrected chi connectivity index (χ2v) is 9.06. The first-order valence-electron chi connectivity index (χ1n) is 11.7. The summed E-state index contributed by atoms with van der Waals surface area (Å²) in [4.78, 5) is 32.2. The zero-order chi connectivity index (χ0) is 25.3. The molecule has 2 aliphatic heterocycles. The minimum Gasteiger partial charge on any atom is -0.451 e. The quantitative estimate of drug-likeness (QED) is 0.374. The lowest BCUT2D eigenvalue weighted by Gasteiger charge is -2.48. The molecule has 0 aliphatic carbocycles. The lowest BCUT2D eigenvalue weighted by Crippen LogP contribution is -2.73. The molecule has 8 heteroatoms. The van der Waals surface area contributed by atoms with Gasteiger partial charge in [-0.15, -0.1) is 0 Å². The molecule has 0 bridgehead atoms. The average Bonchev–Trinajstić information content (AvgIpc) is 3.32. The highest BCUT2D eigenvalue weighted by Crippen LogP contribution is 2.37. The minimum absolute atomic E-state index is 0.281. The zero-order valence-electron chi connectivity index (χ0n) is 19.6. The summed E-state index contributed by atoms with van der Waals surface area (Å²) in [6, 6.07) is 25.1. The fourth-order valence-corrected chi connectivity index (χ4v) is 4.50. The molecule has 3 aromatic carbocycles. The van der Waals surface area contributed by atoms with Crippen LogP contribution < -0.4 is 0 Å². The molecule has 4 atom stereocenters. The van der Waals surface area contributed by atoms with Crippen molar-refractivity contribution in [3.05, 3.63) is 108 Å². The van der Waals surface area contributed by atoms with Crippen LogP contribution in [0.25, 0.3) is 0 Å². The Bertz CT molecular complexity index is 1220. The van der Waals surface area contributed by atoms with Gasteiger partial charge in [-0.25, -0.2) is 9.79 Å². The maximum absolute atomic E-state index is 13.6. The molecular formula is C28H26N2O6. The van der Waals surface area contributed by atoms with Crippen LogP contribution in [0.15, 0.2) is 96.0 Å². The van der Waals surface area contributed by atoms with Gasteiger partial charge in [-0.3, -0.25) is 9.69 Å². The predicted molar refractivity (Wildman–Crippen MR) is 131 cm³/mol. The number of hydrogen-bond donors (Lipinski definition) is 2. The second-order valence-electron chi connectivity index (χ2n) is 9.06. The summed E-state index contributed by atoms with van der Waals surface area (Å²) in [6.07, 6.45) is -1.68. The lowest BCUT2D eigenvalue weighted by molar-refractivity contribution is -0.199. The van der Waals surface area contributed by atoms with Crippen LogP contribution in [0.5, 0.6) is 0 Å². The molecule has 184 valence electrons. The summed E-state index contributed by atoms with van der Waals surface area (Å²) < 4.78 is 11.9. The van der Waals surface area contributed by atoms with E-state index in [0.29, 0.717) is 5.56 Å². The largest absolute Gasteiger partial charge is 0.451 e. The van der Waals surface area contributed by atoms with Gasteiger partial charge in [0.25, 0.3) is 5.91 Å². The van der Waals surface area contributed by atoms with Crippen LogP contribution in [0.4, 0.5) is 0 Å². The Labute approximate surface area is 208 Å². The first-order valence-corrected chi connectivity index (χ1v) is 11.7. The van der Waals surface area contributed by atoms with E-state index in [0.717, 1.165) is 16.0 Å². The number of ether oxygens (including phenoxy) is 2. The first kappa shape index (κ1) is 23.7. The Kier molecular flexibility index (Phi) is 6.30. The van der Waals surface area contributed by atoms with E-state index in [-0.39, 0.29) is 5.90 Å². The number of β-lactam (4-membered cyclic amide) rings is 1. The Morgan fingerprint density at radius 1 is 1.00 bits per heavy atom. The van der Waals surface area contributed by atoms with Crippen LogP contribution in [0.3, 0.4) is 0 Å². The number of aliphatic hydroxyl groups excluding tert-OH is 1. The summed E-state index contributed by atoms with van der Waals surface area (Å²) in [7, 11) is 0. The number of rotatable bonds is 8. The van der Waals surface area contributed by atoms with E-state index in [1.165, 1.54) is 6.92 Å². The third kappa shape index (κ3) is 4.25. The molecule has 3 aromatic rings. The molecule has 0 spiro atoms. The molecular weight excluding hydrogens is 460 g/mol. The highest BCUT2D eigenvalue weighted by molar-refractivity contribution is 6.03. The van der Waals surface area contributed by atoms with Gasteiger partial charge in [0, 0.05) is 5.56 Å². The molecule has 36 heavy (non-hydrogen) atoms. The van der Waals surface area contributed by atoms with E-state index >= 15 is 0 Å². The van der Waals surface area contributed by atoms with E-state index in [1.54, 1.807) is 12.1 Å². The number of nitrogens with zero attached hydrogens (tertiary/aromatic N) is 2. The van der Waals surface area contributed by atoms with Gasteiger partial charge in [-0.05, 0) is 30.2 Å². The summed E-state index contributed by atoms with van der Waals surface area (Å²) in [6.45, 7) is 0.509. The van der Waals surface area contributed by atoms with Crippen molar-refractivity contribution in [3.63, 3.8) is 0 Å². The van der Waals surface area contributed by atoms with Crippen molar-refractivity contribution in [1.29, 1.82) is 0 Å². The van der Waals surface area contributed by atoms with E-state index in [2.05, 4.69) is 4.99 Å². The SMILES string of the molecule is CC(O)(CO)C(C(=O)OC(c1ccccc1)c1ccccc1)N1C(=O)[C@@H]2N=C(c3ccccc3)O[C@@H]21. The number of likely N-dealkylation sites (tertiary alicyclic amines) is 1. The molecule has 2 aliphatic rings. The molecule has 1 saturated heterocycles. The van der Waals surface area contributed by atoms with Crippen LogP contribution in [-0.4, -0.2) is 63.4 Å². The Morgan fingerprint density at radius 2 is 1.53 bits per heavy atom. The van der Waals surface area contributed by atoms with Crippen LogP contribution in [0, 0.1) is 0 Å². The maximum Gasteiger partial charge on any atom is 0.333 e. The highest BCUT2D eigenvalue weighted by Gasteiger charge is 2.61. The highest BCUT2D eigenvalue weighted by atomic mass is 16.6. The van der Waals surface area contributed by atoms with Crippen molar-refractivity contribution < 1.29 is 29.3 Å². The van der Waals surface area contributed by atoms with Crippen molar-refractivity contribution >= 4 is 17.8 Å². The third-order valence-corrected chi connectivity index (χ3v) is 6.41. The van der Waals surface area contributed by atoms with Crippen LogP contribution in [-0.2, 0) is 19.1 Å². The lowest BCUT2D eigenvalue weighted by atomic mass is 9.90. The Balaban J connectivity index is 1.44. The van der Waals surface area contributed by atoms with Crippen molar-refractivity contribution in [1.82, 2.24) is 4.90 Å². The van der Waals surface area contributed by atoms with E-state index in [4.69, 9.17) is 9.47 Å². The van der Waals surface area contributed by atoms with Crippen molar-refractivity contribution in [3.8, 4) is 0 Å². The number of esters is 1. The van der Waals surface area contributed by atoms with Crippen LogP contribution in [0.1, 0.15) is 29.7 Å². The van der Waals surface area contributed by atoms with Crippen molar-refractivity contribution in [2.24, 2.45) is 4.99 Å². The number of hydrogen-bond acceptors (Lipinski definition) is 7. The molecule has 2 heterocycles. The first-order chi connectivity index (χ1) is 17.4. The molecule has 1 fully saturated rings. The van der Waals surface area contributed by atoms with Gasteiger partial charge in [-0.2, -0.15) is 0 Å². The molecule has 8 nitrogen and oxygen atoms in total. The summed E-state index contributed by atoms with van der Waals surface area (Å²) >= 11 is 0. The van der Waals surface area contributed by atoms with Crippen molar-refractivity contribution in [2.75, 3.05) is 6.61 Å². The fourth-order valence-electron chi connectivity index (χ4n) is 4.50. The standard InChI is InChI=1S/C28H26N2O6/c1-28(34,17-31)23(30-25(32)21-26(30)36-24(29-21)20-15-9-4-10-16-20)27(33)35-22(18-11-5-2-6-12-18)19-13-7-3-8-14-19/h2-16,21-23,26,31,34H,17H2,1H3/t21-,23?,26-,28?/m0/s1. The van der Waals surface area contributed by atoms with Gasteiger partial charge in [0.1, 0.15) is 5.60 Å². The molecule has 0 saturated carbocycles. The molecule has 2 N–H and O–H groups in total. The third-order valence-electron chi connectivity index (χ3n) is 6.41. The van der Waals surface area contributed by atoms with E-state index < -0.39 is 48.5 Å². The summed E-state index contributed by atoms with van der Waals surface area (Å²) in [5, 5.41) is 21.0. The van der Waals surface area contributed by atoms with Gasteiger partial charge in [-0.1, -0.05) is 78.9 Å². The van der Waals surface area contributed by atoms with Gasteiger partial charge >= 0.3 is 5.97 Å². The summed E-state index contributed by atoms with van der Waals surface area (Å²) in [5.41, 5.74) is 0.146. The van der Waals surface area contributed by atoms with Crippen molar-refractivity contribution in [2.45, 2.75) is 36.9 Å². The number of aliphatic imine (C=N–C) groups is 1. The Hall–Kier alpha value is -4.01. The van der Waals surface area contributed by atoms with Gasteiger partial charge in [0.2, 0.25) is 12.1 Å². The molecule has 1 amide bonds. The monoisotopic (exact) mass is 486 g/mol. The smallest absolute Gasteiger partial charge is 0.333 e. The van der Waals surface area contributed by atoms with E-state index in [9.17, 15) is 19.8 Å².